The van der Waals surface area contributed by atoms with Crippen LogP contribution in [0.1, 0.15) is 59.7 Å². The molecule has 0 bridgehead atoms. The van der Waals surface area contributed by atoms with Crippen LogP contribution in [-0.4, -0.2) is 18.7 Å². The van der Waals surface area contributed by atoms with E-state index in [0.29, 0.717) is 12.2 Å². The van der Waals surface area contributed by atoms with Crippen molar-refractivity contribution in [1.82, 2.24) is 5.43 Å². The van der Waals surface area contributed by atoms with Crippen LogP contribution in [0, 0.1) is 13.8 Å². The van der Waals surface area contributed by atoms with Gasteiger partial charge in [0, 0.05) is 5.56 Å². The zero-order valence-electron chi connectivity index (χ0n) is 15.9. The Kier molecular flexibility index (Phi) is 7.87. The fourth-order valence-electron chi connectivity index (χ4n) is 2.62. The summed E-state index contributed by atoms with van der Waals surface area (Å²) in [6, 6.07) is 13.3. The van der Waals surface area contributed by atoms with E-state index in [4.69, 9.17) is 4.74 Å². The Morgan fingerprint density at radius 2 is 1.85 bits per heavy atom. The second kappa shape index (κ2) is 10.4. The quantitative estimate of drug-likeness (QED) is 0.391. The molecule has 0 heterocycles. The summed E-state index contributed by atoms with van der Waals surface area (Å²) in [4.78, 5) is 12.2. The molecule has 4 heteroatoms. The van der Waals surface area contributed by atoms with Gasteiger partial charge in [-0.2, -0.15) is 5.10 Å². The minimum atomic E-state index is -0.236. The number of hydrogen-bond donors (Lipinski definition) is 1. The van der Waals surface area contributed by atoms with Gasteiger partial charge in [-0.1, -0.05) is 49.9 Å². The number of benzene rings is 2. The van der Waals surface area contributed by atoms with Gasteiger partial charge in [-0.3, -0.25) is 4.79 Å². The van der Waals surface area contributed by atoms with Crippen molar-refractivity contribution in [3.63, 3.8) is 0 Å². The molecule has 138 valence electrons. The third kappa shape index (κ3) is 6.36. The molecule has 0 atom stereocenters. The number of carbonyl (C=O) groups is 1. The molecule has 2 rings (SSSR count). The highest BCUT2D eigenvalue weighted by atomic mass is 16.5. The van der Waals surface area contributed by atoms with Crippen molar-refractivity contribution in [2.45, 2.75) is 46.5 Å². The number of hydrogen-bond acceptors (Lipinski definition) is 3. The van der Waals surface area contributed by atoms with Gasteiger partial charge in [-0.15, -0.1) is 0 Å². The van der Waals surface area contributed by atoms with E-state index in [0.717, 1.165) is 23.3 Å². The summed E-state index contributed by atoms with van der Waals surface area (Å²) in [5.74, 6) is 0.553. The zero-order chi connectivity index (χ0) is 18.8. The summed E-state index contributed by atoms with van der Waals surface area (Å²) in [7, 11) is 0. The van der Waals surface area contributed by atoms with Gasteiger partial charge in [-0.05, 0) is 55.7 Å². The normalized spacial score (nSPS) is 10.9. The third-order valence-corrected chi connectivity index (χ3v) is 4.18. The maximum Gasteiger partial charge on any atom is 0.271 e. The van der Waals surface area contributed by atoms with Crippen molar-refractivity contribution in [3.05, 3.63) is 64.7 Å². The summed E-state index contributed by atoms with van der Waals surface area (Å²) in [6.45, 7) is 6.98. The average molecular weight is 352 g/mol. The second-order valence-corrected chi connectivity index (χ2v) is 6.49. The molecule has 1 N–H and O–H groups in total. The number of nitrogens with one attached hydrogen (secondary N) is 1. The van der Waals surface area contributed by atoms with Crippen LogP contribution in [-0.2, 0) is 0 Å². The number of hydrazone groups is 1. The Balaban J connectivity index is 1.82. The lowest BCUT2D eigenvalue weighted by molar-refractivity contribution is 0.0955. The predicted molar refractivity (Wildman–Crippen MR) is 107 cm³/mol. The first-order chi connectivity index (χ1) is 12.6. The molecule has 2 aromatic rings. The maximum absolute atomic E-state index is 12.2. The van der Waals surface area contributed by atoms with Crippen molar-refractivity contribution in [2.24, 2.45) is 5.10 Å². The molecule has 0 radical (unpaired) electrons. The third-order valence-electron chi connectivity index (χ3n) is 4.18. The molecule has 2 aromatic carbocycles. The largest absolute Gasteiger partial charge is 0.494 e. The van der Waals surface area contributed by atoms with Gasteiger partial charge in [0.1, 0.15) is 5.75 Å². The summed E-state index contributed by atoms with van der Waals surface area (Å²) >= 11 is 0. The highest BCUT2D eigenvalue weighted by Crippen LogP contribution is 2.13. The molecule has 0 saturated heterocycles. The van der Waals surface area contributed by atoms with Crippen LogP contribution in [0.25, 0.3) is 0 Å². The van der Waals surface area contributed by atoms with E-state index in [1.807, 2.05) is 38.1 Å². The Morgan fingerprint density at radius 3 is 2.54 bits per heavy atom. The number of rotatable bonds is 9. The molecule has 0 saturated carbocycles. The first-order valence-corrected chi connectivity index (χ1v) is 9.23. The number of aryl methyl sites for hydroxylation is 2. The number of ether oxygens (including phenoxy) is 1. The number of unbranched alkanes of at least 4 members (excludes halogenated alkanes) is 3. The summed E-state index contributed by atoms with van der Waals surface area (Å²) in [5.41, 5.74) is 6.44. The minimum absolute atomic E-state index is 0.236. The monoisotopic (exact) mass is 352 g/mol. The first kappa shape index (κ1) is 19.7. The van der Waals surface area contributed by atoms with E-state index in [2.05, 4.69) is 23.5 Å². The summed E-state index contributed by atoms with van der Waals surface area (Å²) in [5, 5.41) is 4.05. The van der Waals surface area contributed by atoms with Gasteiger partial charge >= 0.3 is 0 Å². The molecule has 0 aliphatic heterocycles. The topological polar surface area (TPSA) is 50.7 Å². The Bertz CT molecular complexity index is 736. The van der Waals surface area contributed by atoms with E-state index < -0.39 is 0 Å². The van der Waals surface area contributed by atoms with E-state index in [1.54, 1.807) is 18.3 Å². The molecule has 0 unspecified atom stereocenters. The number of carbonyl (C=O) groups excluding carboxylic acids is 1. The highest BCUT2D eigenvalue weighted by molar-refractivity contribution is 5.95. The van der Waals surface area contributed by atoms with Crippen LogP contribution in [0.3, 0.4) is 0 Å². The molecule has 26 heavy (non-hydrogen) atoms. The minimum Gasteiger partial charge on any atom is -0.494 e. The fourth-order valence-corrected chi connectivity index (χ4v) is 2.62. The van der Waals surface area contributed by atoms with Crippen LogP contribution in [0.5, 0.6) is 5.75 Å². The second-order valence-electron chi connectivity index (χ2n) is 6.49. The molecule has 1 amide bonds. The van der Waals surface area contributed by atoms with Crippen LogP contribution < -0.4 is 10.2 Å². The van der Waals surface area contributed by atoms with Crippen molar-refractivity contribution in [3.8, 4) is 5.75 Å². The van der Waals surface area contributed by atoms with E-state index in [1.165, 1.54) is 24.8 Å². The van der Waals surface area contributed by atoms with Gasteiger partial charge in [0.2, 0.25) is 0 Å². The highest BCUT2D eigenvalue weighted by Gasteiger charge is 2.04. The smallest absolute Gasteiger partial charge is 0.271 e. The van der Waals surface area contributed by atoms with Crippen molar-refractivity contribution >= 4 is 12.1 Å². The molecule has 0 aliphatic carbocycles. The fraction of sp³-hybridized carbons (Fsp3) is 0.364. The lowest BCUT2D eigenvalue weighted by Crippen LogP contribution is -2.17. The number of nitrogens with zero attached hydrogens (tertiary/aromatic N) is 1. The standard InChI is InChI=1S/C22H28N2O2/c1-4-5-6-7-14-26-21-12-10-19(11-13-21)22(25)24-23-16-20-9-8-17(2)15-18(20)3/h8-13,15-16H,4-7,14H2,1-3H3,(H,24,25)/b23-16+. The Hall–Kier alpha value is -2.62. The van der Waals surface area contributed by atoms with Crippen molar-refractivity contribution in [2.75, 3.05) is 6.61 Å². The van der Waals surface area contributed by atoms with Crippen LogP contribution in [0.2, 0.25) is 0 Å². The maximum atomic E-state index is 12.2. The van der Waals surface area contributed by atoms with Gasteiger partial charge in [-0.25, -0.2) is 5.43 Å². The SMILES string of the molecule is CCCCCCOc1ccc(C(=O)N/N=C/c2ccc(C)cc2C)cc1. The van der Waals surface area contributed by atoms with Crippen molar-refractivity contribution < 1.29 is 9.53 Å². The zero-order valence-corrected chi connectivity index (χ0v) is 15.9. The van der Waals surface area contributed by atoms with Crippen molar-refractivity contribution in [1.29, 1.82) is 0 Å². The van der Waals surface area contributed by atoms with Crippen LogP contribution >= 0.6 is 0 Å². The van der Waals surface area contributed by atoms with Gasteiger partial charge in [0.05, 0.1) is 12.8 Å². The summed E-state index contributed by atoms with van der Waals surface area (Å²) < 4.78 is 5.69. The van der Waals surface area contributed by atoms with Crippen LogP contribution in [0.15, 0.2) is 47.6 Å². The molecular formula is C22H28N2O2. The van der Waals surface area contributed by atoms with Gasteiger partial charge in [0.15, 0.2) is 0 Å². The van der Waals surface area contributed by atoms with Crippen LogP contribution in [0.4, 0.5) is 0 Å². The van der Waals surface area contributed by atoms with E-state index >= 15 is 0 Å². The Morgan fingerprint density at radius 1 is 1.08 bits per heavy atom. The lowest BCUT2D eigenvalue weighted by Gasteiger charge is -2.07. The average Bonchev–Trinajstić information content (AvgIpc) is 2.64. The molecule has 0 fully saturated rings. The molecule has 0 aliphatic rings. The molecular weight excluding hydrogens is 324 g/mol. The first-order valence-electron chi connectivity index (χ1n) is 9.23. The molecule has 0 aromatic heterocycles. The molecule has 4 nitrogen and oxygen atoms in total. The van der Waals surface area contributed by atoms with E-state index in [-0.39, 0.29) is 5.91 Å². The number of amides is 1. The van der Waals surface area contributed by atoms with E-state index in [9.17, 15) is 4.79 Å². The molecule has 0 spiro atoms. The predicted octanol–water partition coefficient (Wildman–Crippen LogP) is 5.03. The lowest BCUT2D eigenvalue weighted by atomic mass is 10.1. The Labute approximate surface area is 156 Å². The summed E-state index contributed by atoms with van der Waals surface area (Å²) in [6.07, 6.45) is 6.37. The van der Waals surface area contributed by atoms with Gasteiger partial charge < -0.3 is 4.74 Å². The van der Waals surface area contributed by atoms with Gasteiger partial charge in [0.25, 0.3) is 5.91 Å².